The summed E-state index contributed by atoms with van der Waals surface area (Å²) in [5, 5.41) is 9.12. The van der Waals surface area contributed by atoms with E-state index < -0.39 is 0 Å². The van der Waals surface area contributed by atoms with Gasteiger partial charge in [0.15, 0.2) is 0 Å². The molecule has 0 radical (unpaired) electrons. The highest BCUT2D eigenvalue weighted by molar-refractivity contribution is 14.1. The van der Waals surface area contributed by atoms with Gasteiger partial charge in [0.1, 0.15) is 5.75 Å². The highest BCUT2D eigenvalue weighted by Crippen LogP contribution is 2.21. The second-order valence-electron chi connectivity index (χ2n) is 2.39. The zero-order valence-electron chi connectivity index (χ0n) is 5.98. The monoisotopic (exact) mass is 248 g/mol. The average Bonchev–Trinajstić information content (AvgIpc) is 1.82. The summed E-state index contributed by atoms with van der Waals surface area (Å²) in [5.74, 6) is 0.357. The van der Waals surface area contributed by atoms with Gasteiger partial charge in [-0.25, -0.2) is 0 Å². The Morgan fingerprint density at radius 3 is 2.00 bits per heavy atom. The molecule has 0 amide bonds. The molecule has 54 valence electrons. The van der Waals surface area contributed by atoms with Crippen LogP contribution in [0.1, 0.15) is 11.1 Å². The normalized spacial score (nSPS) is 9.90. The van der Waals surface area contributed by atoms with Crippen LogP contribution in [0.5, 0.6) is 5.75 Å². The first-order chi connectivity index (χ1) is 4.61. The van der Waals surface area contributed by atoms with Crippen LogP contribution in [0.25, 0.3) is 0 Å². The Hall–Kier alpha value is -0.250. The number of benzene rings is 1. The number of hydrogen-bond acceptors (Lipinski definition) is 1. The molecule has 0 aromatic heterocycles. The van der Waals surface area contributed by atoms with E-state index in [1.54, 1.807) is 12.1 Å². The van der Waals surface area contributed by atoms with Crippen molar-refractivity contribution in [2.45, 2.75) is 13.8 Å². The van der Waals surface area contributed by atoms with Gasteiger partial charge in [0.25, 0.3) is 0 Å². The molecule has 0 atom stereocenters. The minimum Gasteiger partial charge on any atom is -0.508 e. The lowest BCUT2D eigenvalue weighted by atomic mass is 10.1. The highest BCUT2D eigenvalue weighted by atomic mass is 127. The van der Waals surface area contributed by atoms with Crippen LogP contribution in [-0.2, 0) is 0 Å². The molecule has 1 nitrogen and oxygen atoms in total. The minimum absolute atomic E-state index is 0.357. The van der Waals surface area contributed by atoms with Crippen molar-refractivity contribution in [2.24, 2.45) is 0 Å². The minimum atomic E-state index is 0.357. The van der Waals surface area contributed by atoms with E-state index in [0.29, 0.717) is 5.75 Å². The SMILES string of the molecule is Cc1cc(O)cc(C)c1I. The van der Waals surface area contributed by atoms with E-state index >= 15 is 0 Å². The third-order valence-corrected chi connectivity index (χ3v) is 3.12. The maximum absolute atomic E-state index is 9.12. The fraction of sp³-hybridized carbons (Fsp3) is 0.250. The van der Waals surface area contributed by atoms with Crippen LogP contribution in [0.2, 0.25) is 0 Å². The van der Waals surface area contributed by atoms with Crippen LogP contribution in [-0.4, -0.2) is 5.11 Å². The molecule has 0 aliphatic carbocycles. The zero-order chi connectivity index (χ0) is 7.72. The lowest BCUT2D eigenvalue weighted by Gasteiger charge is -2.02. The number of phenolic OH excluding ortho intramolecular Hbond substituents is 1. The molecular weight excluding hydrogens is 239 g/mol. The molecule has 1 aromatic carbocycles. The Morgan fingerprint density at radius 1 is 1.20 bits per heavy atom. The van der Waals surface area contributed by atoms with Crippen molar-refractivity contribution in [1.82, 2.24) is 0 Å². The summed E-state index contributed by atoms with van der Waals surface area (Å²) in [6, 6.07) is 3.55. The highest BCUT2D eigenvalue weighted by Gasteiger charge is 1.99. The van der Waals surface area contributed by atoms with Gasteiger partial charge in [0, 0.05) is 3.57 Å². The van der Waals surface area contributed by atoms with Crippen LogP contribution in [0.3, 0.4) is 0 Å². The Bertz CT molecular complexity index is 232. The van der Waals surface area contributed by atoms with Crippen molar-refractivity contribution in [1.29, 1.82) is 0 Å². The van der Waals surface area contributed by atoms with E-state index in [4.69, 9.17) is 5.11 Å². The number of aryl methyl sites for hydroxylation is 2. The molecule has 0 bridgehead atoms. The maximum atomic E-state index is 9.12. The van der Waals surface area contributed by atoms with Gasteiger partial charge in [-0.3, -0.25) is 0 Å². The molecule has 0 spiro atoms. The van der Waals surface area contributed by atoms with E-state index in [9.17, 15) is 0 Å². The lowest BCUT2D eigenvalue weighted by molar-refractivity contribution is 0.474. The molecule has 0 heterocycles. The van der Waals surface area contributed by atoms with E-state index in [1.807, 2.05) is 13.8 Å². The Labute approximate surface area is 74.2 Å². The molecule has 0 aliphatic rings. The molecule has 0 saturated heterocycles. The topological polar surface area (TPSA) is 20.2 Å². The average molecular weight is 248 g/mol. The van der Waals surface area contributed by atoms with Crippen molar-refractivity contribution in [3.8, 4) is 5.75 Å². The van der Waals surface area contributed by atoms with Gasteiger partial charge >= 0.3 is 0 Å². The van der Waals surface area contributed by atoms with E-state index in [-0.39, 0.29) is 0 Å². The summed E-state index contributed by atoms with van der Waals surface area (Å²) < 4.78 is 1.23. The van der Waals surface area contributed by atoms with Crippen LogP contribution in [0.4, 0.5) is 0 Å². The Balaban J connectivity index is 3.31. The van der Waals surface area contributed by atoms with Gasteiger partial charge in [0.2, 0.25) is 0 Å². The van der Waals surface area contributed by atoms with Gasteiger partial charge in [-0.1, -0.05) is 0 Å². The molecule has 1 N–H and O–H groups in total. The van der Waals surface area contributed by atoms with Crippen molar-refractivity contribution in [2.75, 3.05) is 0 Å². The molecular formula is C8H9IO. The zero-order valence-corrected chi connectivity index (χ0v) is 8.14. The summed E-state index contributed by atoms with van der Waals surface area (Å²) in [6.07, 6.45) is 0. The molecule has 0 unspecified atom stereocenters. The van der Waals surface area contributed by atoms with Crippen LogP contribution < -0.4 is 0 Å². The number of halogens is 1. The predicted octanol–water partition coefficient (Wildman–Crippen LogP) is 2.61. The summed E-state index contributed by atoms with van der Waals surface area (Å²) >= 11 is 2.27. The molecule has 0 fully saturated rings. The van der Waals surface area contributed by atoms with Gasteiger partial charge < -0.3 is 5.11 Å². The third kappa shape index (κ3) is 1.42. The first-order valence-electron chi connectivity index (χ1n) is 3.07. The quantitative estimate of drug-likeness (QED) is 0.699. The Morgan fingerprint density at radius 2 is 1.60 bits per heavy atom. The first-order valence-corrected chi connectivity index (χ1v) is 4.15. The molecule has 0 aliphatic heterocycles. The largest absolute Gasteiger partial charge is 0.508 e. The smallest absolute Gasteiger partial charge is 0.116 e. The van der Waals surface area contributed by atoms with Gasteiger partial charge in [-0.05, 0) is 59.7 Å². The van der Waals surface area contributed by atoms with Crippen molar-refractivity contribution in [3.05, 3.63) is 26.8 Å². The molecule has 2 heteroatoms. The molecule has 10 heavy (non-hydrogen) atoms. The predicted molar refractivity (Wildman–Crippen MR) is 50.3 cm³/mol. The van der Waals surface area contributed by atoms with Gasteiger partial charge in [-0.15, -0.1) is 0 Å². The van der Waals surface area contributed by atoms with E-state index in [1.165, 1.54) is 3.57 Å². The summed E-state index contributed by atoms with van der Waals surface area (Å²) in [4.78, 5) is 0. The maximum Gasteiger partial charge on any atom is 0.116 e. The summed E-state index contributed by atoms with van der Waals surface area (Å²) in [7, 11) is 0. The van der Waals surface area contributed by atoms with Crippen molar-refractivity contribution in [3.63, 3.8) is 0 Å². The van der Waals surface area contributed by atoms with Crippen molar-refractivity contribution >= 4 is 22.6 Å². The number of phenols is 1. The van der Waals surface area contributed by atoms with Crippen LogP contribution >= 0.6 is 22.6 Å². The fourth-order valence-corrected chi connectivity index (χ4v) is 1.23. The second-order valence-corrected chi connectivity index (χ2v) is 3.47. The fourth-order valence-electron chi connectivity index (χ4n) is 0.923. The standard InChI is InChI=1S/C8H9IO/c1-5-3-7(10)4-6(2)8(5)9/h3-4,10H,1-2H3. The molecule has 1 rings (SSSR count). The molecule has 0 saturated carbocycles. The lowest BCUT2D eigenvalue weighted by Crippen LogP contribution is -1.83. The first kappa shape index (κ1) is 7.85. The van der Waals surface area contributed by atoms with Crippen LogP contribution in [0, 0.1) is 17.4 Å². The number of aromatic hydroxyl groups is 1. The van der Waals surface area contributed by atoms with Gasteiger partial charge in [-0.2, -0.15) is 0 Å². The van der Waals surface area contributed by atoms with Crippen molar-refractivity contribution < 1.29 is 5.11 Å². The van der Waals surface area contributed by atoms with Crippen LogP contribution in [0.15, 0.2) is 12.1 Å². The Kier molecular flexibility index (Phi) is 2.18. The number of rotatable bonds is 0. The van der Waals surface area contributed by atoms with Gasteiger partial charge in [0.05, 0.1) is 0 Å². The second kappa shape index (κ2) is 2.78. The van der Waals surface area contributed by atoms with E-state index in [0.717, 1.165) is 11.1 Å². The summed E-state index contributed by atoms with van der Waals surface area (Å²) in [6.45, 7) is 3.99. The molecule has 1 aromatic rings. The third-order valence-electron chi connectivity index (χ3n) is 1.42. The van der Waals surface area contributed by atoms with E-state index in [2.05, 4.69) is 22.6 Å². The number of hydrogen-bond donors (Lipinski definition) is 1. The summed E-state index contributed by atoms with van der Waals surface area (Å²) in [5.41, 5.74) is 2.27.